The highest BCUT2D eigenvalue weighted by Gasteiger charge is 1.99. The molecule has 1 aromatic carbocycles. The van der Waals surface area contributed by atoms with Crippen molar-refractivity contribution < 1.29 is 5.11 Å². The Bertz CT molecular complexity index is 674. The van der Waals surface area contributed by atoms with Crippen LogP contribution < -0.4 is 5.56 Å². The van der Waals surface area contributed by atoms with Crippen LogP contribution in [0.1, 0.15) is 0 Å². The summed E-state index contributed by atoms with van der Waals surface area (Å²) in [5.41, 5.74) is -0.0656. The Morgan fingerprint density at radius 3 is 2.59 bits per heavy atom. The SMILES string of the molecule is O=c1[nH]c(=S)[nH]cc1N=Nc1ccccc1O. The number of aromatic nitrogens is 2. The smallest absolute Gasteiger partial charge is 0.279 e. The Morgan fingerprint density at radius 2 is 1.88 bits per heavy atom. The van der Waals surface area contributed by atoms with Gasteiger partial charge in [0.15, 0.2) is 10.5 Å². The standard InChI is InChI=1S/C10H8N4O2S/c15-8-4-2-1-3-6(8)13-14-7-5-11-10(17)12-9(7)16/h1-5,15H,(H2,11,12,16,17). The number of H-pyrrole nitrogens is 2. The fraction of sp³-hybridized carbons (Fsp3) is 0. The zero-order valence-corrected chi connectivity index (χ0v) is 9.36. The monoisotopic (exact) mass is 248 g/mol. The van der Waals surface area contributed by atoms with E-state index in [4.69, 9.17) is 12.2 Å². The van der Waals surface area contributed by atoms with E-state index in [0.29, 0.717) is 0 Å². The van der Waals surface area contributed by atoms with Crippen molar-refractivity contribution >= 4 is 23.6 Å². The third-order valence-corrected chi connectivity index (χ3v) is 2.17. The molecule has 0 saturated carbocycles. The zero-order valence-electron chi connectivity index (χ0n) is 8.54. The first-order chi connectivity index (χ1) is 8.16. The molecule has 0 amide bonds. The Morgan fingerprint density at radius 1 is 1.18 bits per heavy atom. The molecule has 2 aromatic rings. The average Bonchev–Trinajstić information content (AvgIpc) is 2.30. The minimum Gasteiger partial charge on any atom is -0.506 e. The number of hydrogen-bond donors (Lipinski definition) is 3. The van der Waals surface area contributed by atoms with Gasteiger partial charge in [-0.25, -0.2) is 0 Å². The van der Waals surface area contributed by atoms with Crippen molar-refractivity contribution in [1.82, 2.24) is 9.97 Å². The second-order valence-corrected chi connectivity index (χ2v) is 3.55. The van der Waals surface area contributed by atoms with Crippen LogP contribution in [0.5, 0.6) is 5.75 Å². The van der Waals surface area contributed by atoms with E-state index in [0.717, 1.165) is 0 Å². The molecule has 0 unspecified atom stereocenters. The quantitative estimate of drug-likeness (QED) is 0.563. The number of hydrogen-bond acceptors (Lipinski definition) is 5. The van der Waals surface area contributed by atoms with Gasteiger partial charge in [-0.2, -0.15) is 0 Å². The number of rotatable bonds is 2. The highest BCUT2D eigenvalue weighted by Crippen LogP contribution is 2.26. The Hall–Kier alpha value is -2.28. The van der Waals surface area contributed by atoms with Crippen LogP contribution in [0, 0.1) is 4.77 Å². The van der Waals surface area contributed by atoms with Crippen LogP contribution in [0.2, 0.25) is 0 Å². The molecule has 3 N–H and O–H groups in total. The second kappa shape index (κ2) is 4.71. The van der Waals surface area contributed by atoms with Crippen LogP contribution in [0.15, 0.2) is 45.5 Å². The molecule has 86 valence electrons. The molecule has 0 saturated heterocycles. The van der Waals surface area contributed by atoms with Crippen LogP contribution in [0.25, 0.3) is 0 Å². The van der Waals surface area contributed by atoms with Crippen molar-refractivity contribution in [2.45, 2.75) is 0 Å². The Balaban J connectivity index is 2.36. The van der Waals surface area contributed by atoms with Gasteiger partial charge < -0.3 is 10.1 Å². The molecule has 0 aliphatic heterocycles. The number of azo groups is 1. The topological polar surface area (TPSA) is 93.6 Å². The minimum absolute atomic E-state index is 0.00320. The van der Waals surface area contributed by atoms with Crippen LogP contribution in [-0.2, 0) is 0 Å². The maximum atomic E-state index is 11.4. The van der Waals surface area contributed by atoms with Crippen LogP contribution >= 0.6 is 12.2 Å². The average molecular weight is 248 g/mol. The summed E-state index contributed by atoms with van der Waals surface area (Å²) in [6, 6.07) is 6.44. The number of benzene rings is 1. The minimum atomic E-state index is -0.437. The van der Waals surface area contributed by atoms with Gasteiger partial charge in [-0.15, -0.1) is 10.2 Å². The molecule has 0 bridgehead atoms. The summed E-state index contributed by atoms with van der Waals surface area (Å²) in [4.78, 5) is 16.4. The van der Waals surface area contributed by atoms with Gasteiger partial charge in [-0.1, -0.05) is 12.1 Å². The van der Waals surface area contributed by atoms with Crippen molar-refractivity contribution in [2.75, 3.05) is 0 Å². The van der Waals surface area contributed by atoms with E-state index in [1.54, 1.807) is 18.2 Å². The van der Waals surface area contributed by atoms with Gasteiger partial charge in [0.1, 0.15) is 11.4 Å². The van der Waals surface area contributed by atoms with Gasteiger partial charge >= 0.3 is 0 Å². The van der Waals surface area contributed by atoms with E-state index in [1.807, 2.05) is 0 Å². The third kappa shape index (κ3) is 2.64. The summed E-state index contributed by atoms with van der Waals surface area (Å²) in [5, 5.41) is 16.9. The third-order valence-electron chi connectivity index (χ3n) is 1.95. The van der Waals surface area contributed by atoms with E-state index >= 15 is 0 Å². The van der Waals surface area contributed by atoms with E-state index in [9.17, 15) is 9.90 Å². The Labute approximate surface area is 101 Å². The number of nitrogens with zero attached hydrogens (tertiary/aromatic N) is 2. The fourth-order valence-electron chi connectivity index (χ4n) is 1.13. The molecular formula is C10H8N4O2S. The fourth-order valence-corrected chi connectivity index (χ4v) is 1.29. The van der Waals surface area contributed by atoms with E-state index < -0.39 is 5.56 Å². The molecule has 0 radical (unpaired) electrons. The molecule has 17 heavy (non-hydrogen) atoms. The molecule has 0 spiro atoms. The molecular weight excluding hydrogens is 240 g/mol. The highest BCUT2D eigenvalue weighted by molar-refractivity contribution is 7.71. The van der Waals surface area contributed by atoms with Crippen molar-refractivity contribution in [3.05, 3.63) is 45.6 Å². The summed E-state index contributed by atoms with van der Waals surface area (Å²) in [6.45, 7) is 0. The lowest BCUT2D eigenvalue weighted by Gasteiger charge is -1.95. The summed E-state index contributed by atoms with van der Waals surface area (Å²) >= 11 is 4.73. The summed E-state index contributed by atoms with van der Waals surface area (Å²) in [5.74, 6) is -0.00320. The highest BCUT2D eigenvalue weighted by atomic mass is 32.1. The molecule has 1 aromatic heterocycles. The number of aromatic hydroxyl groups is 1. The van der Waals surface area contributed by atoms with E-state index in [1.165, 1.54) is 12.3 Å². The number of phenols is 1. The molecule has 0 aliphatic carbocycles. The van der Waals surface area contributed by atoms with Crippen LogP contribution in [0.4, 0.5) is 11.4 Å². The number of phenolic OH excluding ortho intramolecular Hbond substituents is 1. The normalized spacial score (nSPS) is 10.8. The molecule has 0 fully saturated rings. The summed E-state index contributed by atoms with van der Waals surface area (Å²) in [6.07, 6.45) is 1.35. The maximum Gasteiger partial charge on any atom is 0.279 e. The van der Waals surface area contributed by atoms with Gasteiger partial charge in [0.25, 0.3) is 5.56 Å². The van der Waals surface area contributed by atoms with Gasteiger partial charge in [0.2, 0.25) is 0 Å². The molecule has 7 heteroatoms. The van der Waals surface area contributed by atoms with Gasteiger partial charge in [0, 0.05) is 6.20 Å². The zero-order chi connectivity index (χ0) is 12.3. The van der Waals surface area contributed by atoms with Crippen molar-refractivity contribution in [1.29, 1.82) is 0 Å². The van der Waals surface area contributed by atoms with Crippen LogP contribution in [0.3, 0.4) is 0 Å². The lowest BCUT2D eigenvalue weighted by molar-refractivity contribution is 0.476. The van der Waals surface area contributed by atoms with E-state index in [-0.39, 0.29) is 21.9 Å². The largest absolute Gasteiger partial charge is 0.506 e. The van der Waals surface area contributed by atoms with Crippen molar-refractivity contribution in [3.8, 4) is 5.75 Å². The van der Waals surface area contributed by atoms with Crippen LogP contribution in [-0.4, -0.2) is 15.1 Å². The molecule has 0 aliphatic rings. The first kappa shape index (κ1) is 11.2. The predicted molar refractivity (Wildman–Crippen MR) is 64.5 cm³/mol. The van der Waals surface area contributed by atoms with E-state index in [2.05, 4.69) is 20.2 Å². The summed E-state index contributed by atoms with van der Waals surface area (Å²) < 4.78 is 0.219. The van der Waals surface area contributed by atoms with Gasteiger partial charge in [-0.3, -0.25) is 9.78 Å². The van der Waals surface area contributed by atoms with Crippen molar-refractivity contribution in [3.63, 3.8) is 0 Å². The van der Waals surface area contributed by atoms with Crippen molar-refractivity contribution in [2.24, 2.45) is 10.2 Å². The number of para-hydroxylation sites is 1. The first-order valence-electron chi connectivity index (χ1n) is 4.68. The molecule has 6 nitrogen and oxygen atoms in total. The predicted octanol–water partition coefficient (Wildman–Crippen LogP) is 2.55. The van der Waals surface area contributed by atoms with Gasteiger partial charge in [0.05, 0.1) is 0 Å². The molecule has 0 atom stereocenters. The maximum absolute atomic E-state index is 11.4. The summed E-state index contributed by atoms with van der Waals surface area (Å²) in [7, 11) is 0. The number of nitrogens with one attached hydrogen (secondary N) is 2. The number of aromatic amines is 2. The molecule has 2 rings (SSSR count). The Kier molecular flexibility index (Phi) is 3.10. The lowest BCUT2D eigenvalue weighted by Crippen LogP contribution is -2.05. The second-order valence-electron chi connectivity index (χ2n) is 3.15. The first-order valence-corrected chi connectivity index (χ1v) is 5.09. The van der Waals surface area contributed by atoms with Gasteiger partial charge in [-0.05, 0) is 24.4 Å². The lowest BCUT2D eigenvalue weighted by atomic mass is 10.3. The molecule has 1 heterocycles.